The number of nitrogens with zero attached hydrogens (tertiary/aromatic N) is 6. The van der Waals surface area contributed by atoms with E-state index < -0.39 is 0 Å². The van der Waals surface area contributed by atoms with E-state index in [1.807, 2.05) is 24.4 Å². The lowest BCUT2D eigenvalue weighted by atomic mass is 9.99. The lowest BCUT2D eigenvalue weighted by Crippen LogP contribution is -2.46. The molecule has 1 aliphatic rings. The van der Waals surface area contributed by atoms with Crippen molar-refractivity contribution in [2.24, 2.45) is 0 Å². The first kappa shape index (κ1) is 15.1. The molecule has 8 nitrogen and oxygen atoms in total. The number of pyridine rings is 1. The van der Waals surface area contributed by atoms with Crippen molar-refractivity contribution in [3.63, 3.8) is 0 Å². The largest absolute Gasteiger partial charge is 0.354 e. The lowest BCUT2D eigenvalue weighted by Gasteiger charge is -2.36. The Kier molecular flexibility index (Phi) is 3.15. The molecule has 0 aliphatic carbocycles. The highest BCUT2D eigenvalue weighted by atomic mass is 15.3. The van der Waals surface area contributed by atoms with Gasteiger partial charge in [-0.3, -0.25) is 0 Å². The minimum absolute atomic E-state index is 0.0371. The molecule has 1 unspecified atom stereocenters. The first-order chi connectivity index (χ1) is 12.6. The van der Waals surface area contributed by atoms with Crippen molar-refractivity contribution in [3.05, 3.63) is 37.1 Å². The maximum absolute atomic E-state index is 4.70. The van der Waals surface area contributed by atoms with Crippen LogP contribution in [-0.2, 0) is 0 Å². The third kappa shape index (κ3) is 2.22. The van der Waals surface area contributed by atoms with Gasteiger partial charge in [0, 0.05) is 26.3 Å². The first-order valence-electron chi connectivity index (χ1n) is 8.71. The summed E-state index contributed by atoms with van der Waals surface area (Å²) in [7, 11) is 2.11. The van der Waals surface area contributed by atoms with Gasteiger partial charge in [-0.25, -0.2) is 19.9 Å². The topological polar surface area (TPSA) is 89.6 Å². The van der Waals surface area contributed by atoms with Gasteiger partial charge in [-0.15, -0.1) is 0 Å². The van der Waals surface area contributed by atoms with E-state index in [1.54, 1.807) is 12.7 Å². The molecule has 1 aliphatic heterocycles. The molecular weight excluding hydrogens is 328 g/mol. The molecule has 4 aromatic heterocycles. The van der Waals surface area contributed by atoms with Crippen LogP contribution in [0.5, 0.6) is 0 Å². The van der Waals surface area contributed by atoms with Gasteiger partial charge in [0.25, 0.3) is 0 Å². The Morgan fingerprint density at radius 2 is 2.08 bits per heavy atom. The number of hydrogen-bond donors (Lipinski definition) is 2. The molecule has 26 heavy (non-hydrogen) atoms. The number of nitrogens with one attached hydrogen (secondary N) is 2. The smallest absolute Gasteiger partial charge is 0.179 e. The minimum Gasteiger partial charge on any atom is -0.354 e. The molecule has 0 radical (unpaired) electrons. The quantitative estimate of drug-likeness (QED) is 0.591. The van der Waals surface area contributed by atoms with E-state index in [4.69, 9.17) is 4.98 Å². The summed E-state index contributed by atoms with van der Waals surface area (Å²) >= 11 is 0. The van der Waals surface area contributed by atoms with Gasteiger partial charge in [0.1, 0.15) is 23.6 Å². The minimum atomic E-state index is -0.0371. The summed E-state index contributed by atoms with van der Waals surface area (Å²) < 4.78 is 0. The molecule has 1 saturated heterocycles. The molecule has 8 heteroatoms. The highest BCUT2D eigenvalue weighted by molar-refractivity contribution is 5.87. The Morgan fingerprint density at radius 1 is 1.15 bits per heavy atom. The fraction of sp³-hybridized carbons (Fsp3) is 0.333. The Balaban J connectivity index is 1.45. The van der Waals surface area contributed by atoms with Gasteiger partial charge in [0.05, 0.1) is 22.8 Å². The van der Waals surface area contributed by atoms with Crippen molar-refractivity contribution >= 4 is 33.8 Å². The zero-order chi connectivity index (χ0) is 17.7. The standard InChI is InChI=1S/C18H20N8/c1-18(25(2)14-4-3-13-16(24-14)22-10-20-13)6-8-26(9-18)17-12-5-7-19-15(12)21-11-23-17/h3-5,7,10-11H,6,8-9H2,1-2H3,(H,19,21,23)(H,20,22,24). The first-order valence-corrected chi connectivity index (χ1v) is 8.71. The van der Waals surface area contributed by atoms with Crippen molar-refractivity contribution in [1.82, 2.24) is 29.9 Å². The van der Waals surface area contributed by atoms with Crippen molar-refractivity contribution in [3.8, 4) is 0 Å². The summed E-state index contributed by atoms with van der Waals surface area (Å²) in [4.78, 5) is 28.7. The summed E-state index contributed by atoms with van der Waals surface area (Å²) in [5, 5.41) is 1.07. The highest BCUT2D eigenvalue weighted by Gasteiger charge is 2.39. The normalized spacial score (nSPS) is 20.3. The van der Waals surface area contributed by atoms with E-state index in [0.29, 0.717) is 0 Å². The van der Waals surface area contributed by atoms with Crippen molar-refractivity contribution < 1.29 is 0 Å². The van der Waals surface area contributed by atoms with Crippen LogP contribution in [0.4, 0.5) is 11.6 Å². The van der Waals surface area contributed by atoms with Crippen molar-refractivity contribution in [1.29, 1.82) is 0 Å². The van der Waals surface area contributed by atoms with Crippen LogP contribution in [0.1, 0.15) is 13.3 Å². The average Bonchev–Trinajstić information content (AvgIpc) is 3.39. The maximum atomic E-state index is 4.70. The van der Waals surface area contributed by atoms with Crippen LogP contribution in [0.2, 0.25) is 0 Å². The number of likely N-dealkylation sites (N-methyl/N-ethyl adjacent to an activating group) is 1. The average molecular weight is 348 g/mol. The van der Waals surface area contributed by atoms with Crippen LogP contribution in [0, 0.1) is 0 Å². The SMILES string of the molecule is CN(c1ccc2[nH]cnc2n1)C1(C)CCN(c2ncnc3[nH]ccc23)C1. The van der Waals surface area contributed by atoms with Crippen molar-refractivity contribution in [2.75, 3.05) is 29.9 Å². The van der Waals surface area contributed by atoms with Gasteiger partial charge in [-0.1, -0.05) is 0 Å². The summed E-state index contributed by atoms with van der Waals surface area (Å²) in [5.41, 5.74) is 2.54. The fourth-order valence-electron chi connectivity index (χ4n) is 3.79. The Bertz CT molecular complexity index is 1080. The maximum Gasteiger partial charge on any atom is 0.179 e. The molecule has 2 N–H and O–H groups in total. The second-order valence-corrected chi connectivity index (χ2v) is 7.11. The Hall–Kier alpha value is -3.16. The molecular formula is C18H20N8. The van der Waals surface area contributed by atoms with E-state index in [2.05, 4.69) is 48.7 Å². The Labute approximate surface area is 150 Å². The highest BCUT2D eigenvalue weighted by Crippen LogP contribution is 2.34. The molecule has 0 aromatic carbocycles. The zero-order valence-electron chi connectivity index (χ0n) is 14.8. The molecule has 1 fully saturated rings. The zero-order valence-corrected chi connectivity index (χ0v) is 14.8. The predicted molar refractivity (Wildman–Crippen MR) is 101 cm³/mol. The lowest BCUT2D eigenvalue weighted by molar-refractivity contribution is 0.487. The summed E-state index contributed by atoms with van der Waals surface area (Å²) in [6.07, 6.45) is 6.24. The second-order valence-electron chi connectivity index (χ2n) is 7.11. The monoisotopic (exact) mass is 348 g/mol. The number of hydrogen-bond acceptors (Lipinski definition) is 6. The summed E-state index contributed by atoms with van der Waals surface area (Å²) in [6, 6.07) is 6.12. The second kappa shape index (κ2) is 5.42. The van der Waals surface area contributed by atoms with Gasteiger partial charge in [0.2, 0.25) is 0 Å². The molecule has 132 valence electrons. The van der Waals surface area contributed by atoms with E-state index in [1.165, 1.54) is 0 Å². The number of anilines is 2. The van der Waals surface area contributed by atoms with Gasteiger partial charge >= 0.3 is 0 Å². The number of aromatic amines is 2. The summed E-state index contributed by atoms with van der Waals surface area (Å²) in [5.74, 6) is 1.92. The van der Waals surface area contributed by atoms with Crippen LogP contribution in [0.3, 0.4) is 0 Å². The van der Waals surface area contributed by atoms with Crippen molar-refractivity contribution in [2.45, 2.75) is 18.9 Å². The van der Waals surface area contributed by atoms with Crippen LogP contribution in [-0.4, -0.2) is 55.6 Å². The van der Waals surface area contributed by atoms with Gasteiger partial charge in [-0.05, 0) is 31.5 Å². The van der Waals surface area contributed by atoms with Gasteiger partial charge in [-0.2, -0.15) is 0 Å². The molecule has 0 spiro atoms. The third-order valence-electron chi connectivity index (χ3n) is 5.50. The van der Waals surface area contributed by atoms with Crippen LogP contribution in [0.15, 0.2) is 37.1 Å². The fourth-order valence-corrected chi connectivity index (χ4v) is 3.79. The van der Waals surface area contributed by atoms with Crippen LogP contribution in [0.25, 0.3) is 22.2 Å². The van der Waals surface area contributed by atoms with E-state index in [-0.39, 0.29) is 5.54 Å². The third-order valence-corrected chi connectivity index (χ3v) is 5.50. The molecule has 1 atom stereocenters. The van der Waals surface area contributed by atoms with Crippen LogP contribution < -0.4 is 9.80 Å². The van der Waals surface area contributed by atoms with E-state index in [9.17, 15) is 0 Å². The molecule has 0 saturated carbocycles. The number of H-pyrrole nitrogens is 2. The molecule has 0 amide bonds. The molecule has 5 heterocycles. The summed E-state index contributed by atoms with van der Waals surface area (Å²) in [6.45, 7) is 4.10. The predicted octanol–water partition coefficient (Wildman–Crippen LogP) is 2.33. The molecule has 4 aromatic rings. The number of fused-ring (bicyclic) bond motifs is 2. The van der Waals surface area contributed by atoms with E-state index >= 15 is 0 Å². The number of imidazole rings is 1. The van der Waals surface area contributed by atoms with Gasteiger partial charge < -0.3 is 19.8 Å². The molecule has 5 rings (SSSR count). The molecule has 0 bridgehead atoms. The number of rotatable bonds is 3. The van der Waals surface area contributed by atoms with Crippen LogP contribution >= 0.6 is 0 Å². The Morgan fingerprint density at radius 3 is 3.00 bits per heavy atom. The van der Waals surface area contributed by atoms with Gasteiger partial charge in [0.15, 0.2) is 5.65 Å². The number of aromatic nitrogens is 6. The van der Waals surface area contributed by atoms with E-state index in [0.717, 1.165) is 53.3 Å².